The Hall–Kier alpha value is -1.85. The Kier molecular flexibility index (Phi) is 2.39. The number of primary sulfonamides is 1. The first-order valence-corrected chi connectivity index (χ1v) is 7.10. The van der Waals surface area contributed by atoms with Crippen LogP contribution in [-0.2, 0) is 10.0 Å². The van der Waals surface area contributed by atoms with Crippen LogP contribution in [0.5, 0.6) is 0 Å². The quantitative estimate of drug-likeness (QED) is 0.746. The second-order valence-corrected chi connectivity index (χ2v) is 5.74. The lowest BCUT2D eigenvalue weighted by molar-refractivity contribution is 0.583. The van der Waals surface area contributed by atoms with E-state index >= 15 is 0 Å². The number of sulfonamides is 1. The maximum Gasteiger partial charge on any atom is 0.240 e. The van der Waals surface area contributed by atoms with Crippen molar-refractivity contribution >= 4 is 21.8 Å². The van der Waals surface area contributed by atoms with Gasteiger partial charge >= 0.3 is 0 Å². The van der Waals surface area contributed by atoms with Gasteiger partial charge in [0.25, 0.3) is 0 Å². The SMILES string of the molecule is NS(=O)(=O)C1=CC=CN2CC=c3ccccc3=C12. The molecule has 1 aromatic rings. The number of allylic oxidation sites excluding steroid dienone is 2. The van der Waals surface area contributed by atoms with Gasteiger partial charge in [0.15, 0.2) is 0 Å². The summed E-state index contributed by atoms with van der Waals surface area (Å²) < 4.78 is 23.3. The first-order valence-electron chi connectivity index (χ1n) is 5.55. The number of fused-ring (bicyclic) bond motifs is 2. The zero-order chi connectivity index (χ0) is 12.8. The normalized spacial score (nSPS) is 17.7. The number of rotatable bonds is 1. The molecule has 0 unspecified atom stereocenters. The zero-order valence-electron chi connectivity index (χ0n) is 9.58. The standard InChI is InChI=1S/C13H12N2O2S/c14-18(16,17)12-6-3-8-15-9-7-10-4-1-2-5-11(10)13(12)15/h1-8H,9H2,(H2,14,16,17). The Bertz CT molecular complexity index is 789. The van der Waals surface area contributed by atoms with Crippen molar-refractivity contribution in [3.8, 4) is 0 Å². The lowest BCUT2D eigenvalue weighted by Gasteiger charge is -2.28. The summed E-state index contributed by atoms with van der Waals surface area (Å²) in [7, 11) is -3.72. The lowest BCUT2D eigenvalue weighted by Crippen LogP contribution is -2.40. The van der Waals surface area contributed by atoms with Crippen molar-refractivity contribution in [1.82, 2.24) is 4.90 Å². The van der Waals surface area contributed by atoms with Crippen LogP contribution in [0.25, 0.3) is 11.8 Å². The molecule has 2 N–H and O–H groups in total. The van der Waals surface area contributed by atoms with Gasteiger partial charge in [-0.1, -0.05) is 30.3 Å². The minimum absolute atomic E-state index is 0.172. The van der Waals surface area contributed by atoms with Gasteiger partial charge in [-0.25, -0.2) is 13.6 Å². The minimum atomic E-state index is -3.72. The van der Waals surface area contributed by atoms with Gasteiger partial charge in [-0.3, -0.25) is 0 Å². The van der Waals surface area contributed by atoms with E-state index in [2.05, 4.69) is 6.08 Å². The van der Waals surface area contributed by atoms with E-state index in [1.165, 1.54) is 0 Å². The molecule has 0 fully saturated rings. The molecule has 92 valence electrons. The van der Waals surface area contributed by atoms with E-state index in [1.54, 1.807) is 12.2 Å². The maximum atomic E-state index is 11.7. The Morgan fingerprint density at radius 2 is 2.00 bits per heavy atom. The van der Waals surface area contributed by atoms with E-state index in [4.69, 9.17) is 5.14 Å². The van der Waals surface area contributed by atoms with Crippen molar-refractivity contribution < 1.29 is 8.42 Å². The van der Waals surface area contributed by atoms with E-state index in [9.17, 15) is 8.42 Å². The summed E-state index contributed by atoms with van der Waals surface area (Å²) in [5.41, 5.74) is 0.665. The van der Waals surface area contributed by atoms with Gasteiger partial charge in [0.1, 0.15) is 4.91 Å². The highest BCUT2D eigenvalue weighted by atomic mass is 32.2. The molecule has 0 aromatic heterocycles. The second-order valence-electron chi connectivity index (χ2n) is 4.21. The Labute approximate surface area is 105 Å². The smallest absolute Gasteiger partial charge is 0.240 e. The summed E-state index contributed by atoms with van der Waals surface area (Å²) in [5.74, 6) is 0. The molecule has 2 aliphatic rings. The highest BCUT2D eigenvalue weighted by molar-refractivity contribution is 7.93. The molecule has 0 bridgehead atoms. The largest absolute Gasteiger partial charge is 0.343 e. The van der Waals surface area contributed by atoms with Crippen molar-refractivity contribution in [3.63, 3.8) is 0 Å². The van der Waals surface area contributed by atoms with Crippen molar-refractivity contribution in [2.75, 3.05) is 6.54 Å². The molecule has 0 spiro atoms. The maximum absolute atomic E-state index is 11.7. The molecule has 4 nitrogen and oxygen atoms in total. The molecule has 0 amide bonds. The van der Waals surface area contributed by atoms with Crippen LogP contribution in [0.3, 0.4) is 0 Å². The van der Waals surface area contributed by atoms with Gasteiger partial charge in [-0.05, 0) is 17.4 Å². The Balaban J connectivity index is 2.43. The number of benzene rings is 1. The van der Waals surface area contributed by atoms with Crippen molar-refractivity contribution in [1.29, 1.82) is 0 Å². The minimum Gasteiger partial charge on any atom is -0.343 e. The predicted octanol–water partition coefficient (Wildman–Crippen LogP) is -0.409. The van der Waals surface area contributed by atoms with E-state index in [0.717, 1.165) is 10.4 Å². The molecule has 18 heavy (non-hydrogen) atoms. The van der Waals surface area contributed by atoms with Crippen LogP contribution in [0.1, 0.15) is 0 Å². The van der Waals surface area contributed by atoms with Gasteiger partial charge < -0.3 is 4.90 Å². The van der Waals surface area contributed by atoms with Crippen LogP contribution < -0.4 is 15.6 Å². The summed E-state index contributed by atoms with van der Waals surface area (Å²) in [6.45, 7) is 0.649. The first kappa shape index (κ1) is 11.3. The Morgan fingerprint density at radius 3 is 2.78 bits per heavy atom. The average Bonchev–Trinajstić information content (AvgIpc) is 2.36. The summed E-state index contributed by atoms with van der Waals surface area (Å²) in [6.07, 6.45) is 7.17. The van der Waals surface area contributed by atoms with Crippen LogP contribution in [0, 0.1) is 0 Å². The van der Waals surface area contributed by atoms with Crippen molar-refractivity contribution in [3.05, 3.63) is 58.0 Å². The van der Waals surface area contributed by atoms with Crippen LogP contribution in [-0.4, -0.2) is 19.9 Å². The fourth-order valence-corrected chi connectivity index (χ4v) is 3.05. The van der Waals surface area contributed by atoms with Crippen molar-refractivity contribution in [2.24, 2.45) is 5.14 Å². The van der Waals surface area contributed by atoms with E-state index < -0.39 is 10.0 Å². The highest BCUT2D eigenvalue weighted by Crippen LogP contribution is 2.24. The fraction of sp³-hybridized carbons (Fsp3) is 0.0769. The molecule has 0 aliphatic carbocycles. The number of nitrogens with zero attached hydrogens (tertiary/aromatic N) is 1. The molecular weight excluding hydrogens is 248 g/mol. The summed E-state index contributed by atoms with van der Waals surface area (Å²) in [4.78, 5) is 2.06. The van der Waals surface area contributed by atoms with Crippen LogP contribution in [0.15, 0.2) is 47.5 Å². The molecule has 3 rings (SSSR count). The van der Waals surface area contributed by atoms with Gasteiger partial charge in [-0.2, -0.15) is 0 Å². The number of hydrogen-bond donors (Lipinski definition) is 1. The third-order valence-electron chi connectivity index (χ3n) is 3.06. The molecule has 0 saturated carbocycles. The van der Waals surface area contributed by atoms with E-state index in [-0.39, 0.29) is 4.91 Å². The topological polar surface area (TPSA) is 63.4 Å². The molecule has 1 aromatic carbocycles. The van der Waals surface area contributed by atoms with Crippen LogP contribution in [0.2, 0.25) is 0 Å². The molecule has 2 heterocycles. The third kappa shape index (κ3) is 1.68. The summed E-state index contributed by atoms with van der Waals surface area (Å²) >= 11 is 0. The Morgan fingerprint density at radius 1 is 1.22 bits per heavy atom. The highest BCUT2D eigenvalue weighted by Gasteiger charge is 2.25. The molecular formula is C13H12N2O2S. The number of hydrogen-bond acceptors (Lipinski definition) is 3. The average molecular weight is 260 g/mol. The molecule has 0 saturated heterocycles. The van der Waals surface area contributed by atoms with Crippen molar-refractivity contribution in [2.45, 2.75) is 0 Å². The van der Waals surface area contributed by atoms with Crippen LogP contribution >= 0.6 is 0 Å². The number of nitrogens with two attached hydrogens (primary N) is 1. The first-order chi connectivity index (χ1) is 8.57. The third-order valence-corrected chi connectivity index (χ3v) is 4.01. The summed E-state index contributed by atoms with van der Waals surface area (Å²) in [6, 6.07) is 7.71. The summed E-state index contributed by atoms with van der Waals surface area (Å²) in [5, 5.41) is 7.22. The monoisotopic (exact) mass is 260 g/mol. The van der Waals surface area contributed by atoms with Gasteiger partial charge in [0.2, 0.25) is 10.0 Å². The molecule has 0 atom stereocenters. The molecule has 5 heteroatoms. The van der Waals surface area contributed by atoms with E-state index in [1.807, 2.05) is 35.4 Å². The predicted molar refractivity (Wildman–Crippen MR) is 70.6 cm³/mol. The molecule has 0 radical (unpaired) electrons. The van der Waals surface area contributed by atoms with E-state index in [0.29, 0.717) is 12.2 Å². The zero-order valence-corrected chi connectivity index (χ0v) is 10.4. The molecule has 2 aliphatic heterocycles. The van der Waals surface area contributed by atoms with Gasteiger partial charge in [0, 0.05) is 18.0 Å². The fourth-order valence-electron chi connectivity index (χ4n) is 2.29. The van der Waals surface area contributed by atoms with Gasteiger partial charge in [0.05, 0.1) is 5.70 Å². The second kappa shape index (κ2) is 3.83. The lowest BCUT2D eigenvalue weighted by atomic mass is 10.1. The van der Waals surface area contributed by atoms with Crippen LogP contribution in [0.4, 0.5) is 0 Å². The van der Waals surface area contributed by atoms with Gasteiger partial charge in [-0.15, -0.1) is 0 Å².